The van der Waals surface area contributed by atoms with E-state index in [9.17, 15) is 8.42 Å². The third kappa shape index (κ3) is 3.54. The molecule has 1 aromatic rings. The van der Waals surface area contributed by atoms with E-state index in [1.54, 1.807) is 21.0 Å². The summed E-state index contributed by atoms with van der Waals surface area (Å²) >= 11 is 0. The molecule has 1 rings (SSSR count). The van der Waals surface area contributed by atoms with Gasteiger partial charge in [0.05, 0.1) is 11.8 Å². The maximum atomic E-state index is 11.7. The van der Waals surface area contributed by atoms with Gasteiger partial charge in [0.1, 0.15) is 6.33 Å². The highest BCUT2D eigenvalue weighted by molar-refractivity contribution is 7.90. The summed E-state index contributed by atoms with van der Waals surface area (Å²) in [5.74, 6) is 0.461. The van der Waals surface area contributed by atoms with Crippen molar-refractivity contribution in [2.75, 3.05) is 13.6 Å². The molecule has 8 heteroatoms. The number of sulfonamides is 1. The van der Waals surface area contributed by atoms with Gasteiger partial charge < -0.3 is 5.32 Å². The summed E-state index contributed by atoms with van der Waals surface area (Å²) in [5, 5.41) is 6.32. The third-order valence-electron chi connectivity index (χ3n) is 2.10. The molecule has 0 aliphatic carbocycles. The largest absolute Gasteiger partial charge is 0.318 e. The number of hydrogen-bond acceptors (Lipinski definition) is 5. The van der Waals surface area contributed by atoms with Gasteiger partial charge in [-0.2, -0.15) is 5.10 Å². The Morgan fingerprint density at radius 3 is 2.75 bits per heavy atom. The standard InChI is InChI=1S/C8H17N5O2S/c1-7(4-9-2)16(14,15)11-5-8-10-6-13(3)12-8/h6-7,9,11H,4-5H2,1-3H3. The van der Waals surface area contributed by atoms with E-state index in [4.69, 9.17) is 0 Å². The van der Waals surface area contributed by atoms with Crippen LogP contribution in [0.3, 0.4) is 0 Å². The van der Waals surface area contributed by atoms with Crippen molar-refractivity contribution in [2.45, 2.75) is 18.7 Å². The van der Waals surface area contributed by atoms with E-state index in [1.165, 1.54) is 11.0 Å². The van der Waals surface area contributed by atoms with Gasteiger partial charge in [0.15, 0.2) is 5.82 Å². The van der Waals surface area contributed by atoms with Gasteiger partial charge in [-0.05, 0) is 14.0 Å². The molecule has 2 N–H and O–H groups in total. The summed E-state index contributed by atoms with van der Waals surface area (Å²) in [6.07, 6.45) is 1.53. The number of nitrogens with zero attached hydrogens (tertiary/aromatic N) is 3. The Morgan fingerprint density at radius 1 is 1.56 bits per heavy atom. The van der Waals surface area contributed by atoms with E-state index in [0.29, 0.717) is 12.4 Å². The molecule has 1 unspecified atom stereocenters. The highest BCUT2D eigenvalue weighted by Gasteiger charge is 2.19. The molecule has 1 heterocycles. The van der Waals surface area contributed by atoms with Crippen LogP contribution in [0.1, 0.15) is 12.7 Å². The predicted molar refractivity (Wildman–Crippen MR) is 60.2 cm³/mol. The quantitative estimate of drug-likeness (QED) is 0.662. The molecule has 0 saturated heterocycles. The van der Waals surface area contributed by atoms with Crippen molar-refractivity contribution in [3.8, 4) is 0 Å². The number of hydrogen-bond donors (Lipinski definition) is 2. The van der Waals surface area contributed by atoms with Gasteiger partial charge in [-0.25, -0.2) is 18.1 Å². The van der Waals surface area contributed by atoms with Gasteiger partial charge in [-0.1, -0.05) is 0 Å². The average molecular weight is 247 g/mol. The zero-order chi connectivity index (χ0) is 12.2. The van der Waals surface area contributed by atoms with Crippen molar-refractivity contribution in [1.29, 1.82) is 0 Å². The first-order valence-electron chi connectivity index (χ1n) is 4.93. The normalized spacial score (nSPS) is 13.9. The molecule has 0 aliphatic rings. The molecule has 0 saturated carbocycles. The van der Waals surface area contributed by atoms with Crippen molar-refractivity contribution < 1.29 is 8.42 Å². The second-order valence-electron chi connectivity index (χ2n) is 3.57. The van der Waals surface area contributed by atoms with Gasteiger partial charge in [0.2, 0.25) is 10.0 Å². The predicted octanol–water partition coefficient (Wildman–Crippen LogP) is -1.16. The highest BCUT2D eigenvalue weighted by atomic mass is 32.2. The zero-order valence-corrected chi connectivity index (χ0v) is 10.5. The van der Waals surface area contributed by atoms with Crippen LogP contribution in [0.4, 0.5) is 0 Å². The molecule has 0 aromatic carbocycles. The van der Waals surface area contributed by atoms with Gasteiger partial charge in [-0.3, -0.25) is 4.68 Å². The Labute approximate surface area is 95.3 Å². The minimum absolute atomic E-state index is 0.122. The fraction of sp³-hybridized carbons (Fsp3) is 0.750. The molecule has 0 spiro atoms. The lowest BCUT2D eigenvalue weighted by atomic mass is 10.5. The van der Waals surface area contributed by atoms with Crippen LogP contribution in [0.5, 0.6) is 0 Å². The van der Waals surface area contributed by atoms with Crippen LogP contribution < -0.4 is 10.0 Å². The van der Waals surface area contributed by atoms with E-state index in [1.807, 2.05) is 0 Å². The minimum Gasteiger partial charge on any atom is -0.318 e. The van der Waals surface area contributed by atoms with E-state index >= 15 is 0 Å². The summed E-state index contributed by atoms with van der Waals surface area (Å²) in [5.41, 5.74) is 0. The topological polar surface area (TPSA) is 88.9 Å². The molecule has 0 radical (unpaired) electrons. The third-order valence-corrected chi connectivity index (χ3v) is 3.87. The molecular weight excluding hydrogens is 230 g/mol. The Hall–Kier alpha value is -0.990. The lowest BCUT2D eigenvalue weighted by Crippen LogP contribution is -2.37. The maximum Gasteiger partial charge on any atom is 0.215 e. The van der Waals surface area contributed by atoms with Crippen LogP contribution in [0.15, 0.2) is 6.33 Å². The first-order chi connectivity index (χ1) is 7.45. The number of aryl methyl sites for hydroxylation is 1. The minimum atomic E-state index is -3.31. The van der Waals surface area contributed by atoms with Crippen LogP contribution in [0.2, 0.25) is 0 Å². The van der Waals surface area contributed by atoms with Crippen LogP contribution in [-0.4, -0.2) is 42.0 Å². The molecule has 16 heavy (non-hydrogen) atoms. The first kappa shape index (κ1) is 13.1. The van der Waals surface area contributed by atoms with E-state index in [-0.39, 0.29) is 6.54 Å². The average Bonchev–Trinajstić information content (AvgIpc) is 2.62. The molecule has 1 aromatic heterocycles. The van der Waals surface area contributed by atoms with Crippen molar-refractivity contribution in [3.05, 3.63) is 12.2 Å². The molecule has 0 amide bonds. The smallest absolute Gasteiger partial charge is 0.215 e. The molecular formula is C8H17N5O2S. The lowest BCUT2D eigenvalue weighted by Gasteiger charge is -2.12. The molecule has 92 valence electrons. The first-order valence-corrected chi connectivity index (χ1v) is 6.48. The Balaban J connectivity index is 2.54. The van der Waals surface area contributed by atoms with Gasteiger partial charge in [-0.15, -0.1) is 0 Å². The van der Waals surface area contributed by atoms with Crippen molar-refractivity contribution >= 4 is 10.0 Å². The summed E-state index contributed by atoms with van der Waals surface area (Å²) < 4.78 is 27.4. The van der Waals surface area contributed by atoms with E-state index in [2.05, 4.69) is 20.1 Å². The molecule has 0 bridgehead atoms. The monoisotopic (exact) mass is 247 g/mol. The number of rotatable bonds is 6. The van der Waals surface area contributed by atoms with Crippen molar-refractivity contribution in [2.24, 2.45) is 7.05 Å². The SMILES string of the molecule is CNCC(C)S(=O)(=O)NCc1ncn(C)n1. The fourth-order valence-corrected chi connectivity index (χ4v) is 2.17. The maximum absolute atomic E-state index is 11.7. The molecule has 1 atom stereocenters. The summed E-state index contributed by atoms with van der Waals surface area (Å²) in [6.45, 7) is 2.17. The zero-order valence-electron chi connectivity index (χ0n) is 9.64. The van der Waals surface area contributed by atoms with Crippen LogP contribution in [-0.2, 0) is 23.6 Å². The van der Waals surface area contributed by atoms with Gasteiger partial charge >= 0.3 is 0 Å². The fourth-order valence-electron chi connectivity index (χ4n) is 1.17. The van der Waals surface area contributed by atoms with E-state index in [0.717, 1.165) is 0 Å². The van der Waals surface area contributed by atoms with Crippen LogP contribution >= 0.6 is 0 Å². The molecule has 0 aliphatic heterocycles. The second kappa shape index (κ2) is 5.37. The van der Waals surface area contributed by atoms with E-state index < -0.39 is 15.3 Å². The highest BCUT2D eigenvalue weighted by Crippen LogP contribution is 1.98. The van der Waals surface area contributed by atoms with Crippen molar-refractivity contribution in [3.63, 3.8) is 0 Å². The number of aromatic nitrogens is 3. The Kier molecular flexibility index (Phi) is 4.39. The van der Waals surface area contributed by atoms with Gasteiger partial charge in [0.25, 0.3) is 0 Å². The Morgan fingerprint density at radius 2 is 2.25 bits per heavy atom. The summed E-state index contributed by atoms with van der Waals surface area (Å²) in [7, 11) is 0.132. The summed E-state index contributed by atoms with van der Waals surface area (Å²) in [4.78, 5) is 3.93. The van der Waals surface area contributed by atoms with Crippen molar-refractivity contribution in [1.82, 2.24) is 24.8 Å². The van der Waals surface area contributed by atoms with Crippen LogP contribution in [0.25, 0.3) is 0 Å². The van der Waals surface area contributed by atoms with Gasteiger partial charge in [0, 0.05) is 13.6 Å². The molecule has 7 nitrogen and oxygen atoms in total. The summed E-state index contributed by atoms with van der Waals surface area (Å²) in [6, 6.07) is 0. The number of nitrogens with one attached hydrogen (secondary N) is 2. The Bertz CT molecular complexity index is 427. The molecule has 0 fully saturated rings. The van der Waals surface area contributed by atoms with Crippen LogP contribution in [0, 0.1) is 0 Å². The second-order valence-corrected chi connectivity index (χ2v) is 5.75. The lowest BCUT2D eigenvalue weighted by molar-refractivity contribution is 0.561.